The summed E-state index contributed by atoms with van der Waals surface area (Å²) in [6.45, 7) is 0. The number of carbonyl (C=O) groups is 1. The summed E-state index contributed by atoms with van der Waals surface area (Å²) in [6.07, 6.45) is 2.05. The fourth-order valence-electron chi connectivity index (χ4n) is 2.22. The Morgan fingerprint density at radius 3 is 2.42 bits per heavy atom. The summed E-state index contributed by atoms with van der Waals surface area (Å²) < 4.78 is 0.778. The van der Waals surface area contributed by atoms with Gasteiger partial charge in [0.1, 0.15) is 0 Å². The van der Waals surface area contributed by atoms with Gasteiger partial charge < -0.3 is 5.11 Å². The molecule has 0 saturated heterocycles. The molecule has 0 amide bonds. The second kappa shape index (κ2) is 7.88. The Hall–Kier alpha value is -1.76. The number of thioether (sulfide) groups is 2. The highest BCUT2D eigenvalue weighted by Crippen LogP contribution is 2.40. The molecule has 24 heavy (non-hydrogen) atoms. The first kappa shape index (κ1) is 17.1. The quantitative estimate of drug-likeness (QED) is 0.588. The van der Waals surface area contributed by atoms with Crippen molar-refractivity contribution in [2.45, 2.75) is 9.24 Å². The van der Waals surface area contributed by atoms with Crippen molar-refractivity contribution >= 4 is 40.8 Å². The van der Waals surface area contributed by atoms with Crippen molar-refractivity contribution in [2.75, 3.05) is 12.0 Å². The summed E-state index contributed by atoms with van der Waals surface area (Å²) in [5.41, 5.74) is 3.05. The Labute approximate surface area is 153 Å². The molecule has 0 bridgehead atoms. The van der Waals surface area contributed by atoms with Crippen molar-refractivity contribution < 1.29 is 9.90 Å². The van der Waals surface area contributed by atoms with Gasteiger partial charge in [0.25, 0.3) is 0 Å². The van der Waals surface area contributed by atoms with Crippen LogP contribution in [0.3, 0.4) is 0 Å². The lowest BCUT2D eigenvalue weighted by Crippen LogP contribution is -1.96. The smallest absolute Gasteiger partial charge is 0.313 e. The molecular weight excluding hydrogens is 358 g/mol. The van der Waals surface area contributed by atoms with E-state index in [0.29, 0.717) is 0 Å². The maximum atomic E-state index is 10.8. The SMILES string of the molecule is CSc1ccc(-c2sc(SCC(=O)O)nc2-c2ccccc2)cc1. The lowest BCUT2D eigenvalue weighted by molar-refractivity contribution is -0.133. The average molecular weight is 374 g/mol. The molecular formula is C18H15NO2S3. The van der Waals surface area contributed by atoms with Crippen LogP contribution < -0.4 is 0 Å². The van der Waals surface area contributed by atoms with Gasteiger partial charge in [0.15, 0.2) is 4.34 Å². The minimum atomic E-state index is -0.831. The van der Waals surface area contributed by atoms with E-state index in [1.165, 1.54) is 16.7 Å². The van der Waals surface area contributed by atoms with Crippen molar-refractivity contribution in [3.05, 3.63) is 54.6 Å². The molecule has 0 spiro atoms. The van der Waals surface area contributed by atoms with Crippen molar-refractivity contribution in [1.82, 2.24) is 4.98 Å². The summed E-state index contributed by atoms with van der Waals surface area (Å²) >= 11 is 4.52. The van der Waals surface area contributed by atoms with Gasteiger partial charge in [0.05, 0.1) is 16.3 Å². The first-order valence-electron chi connectivity index (χ1n) is 7.22. The molecule has 1 heterocycles. The molecule has 122 valence electrons. The number of carboxylic acid groups (broad SMARTS) is 1. The minimum Gasteiger partial charge on any atom is -0.481 e. The number of aliphatic carboxylic acids is 1. The van der Waals surface area contributed by atoms with E-state index >= 15 is 0 Å². The zero-order valence-corrected chi connectivity index (χ0v) is 15.4. The third kappa shape index (κ3) is 4.01. The molecule has 0 fully saturated rings. The van der Waals surface area contributed by atoms with Gasteiger partial charge in [-0.2, -0.15) is 0 Å². The molecule has 0 aliphatic carbocycles. The Morgan fingerprint density at radius 1 is 1.08 bits per heavy atom. The predicted molar refractivity (Wildman–Crippen MR) is 103 cm³/mol. The van der Waals surface area contributed by atoms with Gasteiger partial charge in [-0.15, -0.1) is 23.1 Å². The highest BCUT2D eigenvalue weighted by atomic mass is 32.2. The van der Waals surface area contributed by atoms with E-state index in [0.717, 1.165) is 26.0 Å². The topological polar surface area (TPSA) is 50.2 Å². The molecule has 6 heteroatoms. The molecule has 3 nitrogen and oxygen atoms in total. The van der Waals surface area contributed by atoms with Gasteiger partial charge in [0.2, 0.25) is 0 Å². The molecule has 1 N–H and O–H groups in total. The summed E-state index contributed by atoms with van der Waals surface area (Å²) in [5.74, 6) is -0.811. The maximum absolute atomic E-state index is 10.8. The normalized spacial score (nSPS) is 10.7. The molecule has 3 aromatic rings. The fraction of sp³-hybridized carbons (Fsp3) is 0.111. The number of aromatic nitrogens is 1. The Balaban J connectivity index is 2.03. The van der Waals surface area contributed by atoms with E-state index in [9.17, 15) is 4.79 Å². The van der Waals surface area contributed by atoms with E-state index in [2.05, 4.69) is 35.5 Å². The third-order valence-corrected chi connectivity index (χ3v) is 6.30. The van der Waals surface area contributed by atoms with E-state index in [1.54, 1.807) is 23.1 Å². The van der Waals surface area contributed by atoms with E-state index < -0.39 is 5.97 Å². The lowest BCUT2D eigenvalue weighted by atomic mass is 10.1. The lowest BCUT2D eigenvalue weighted by Gasteiger charge is -2.03. The van der Waals surface area contributed by atoms with Gasteiger partial charge in [-0.25, -0.2) is 4.98 Å². The van der Waals surface area contributed by atoms with Crippen LogP contribution in [0.5, 0.6) is 0 Å². The van der Waals surface area contributed by atoms with Crippen LogP contribution in [0.2, 0.25) is 0 Å². The zero-order chi connectivity index (χ0) is 16.9. The molecule has 0 atom stereocenters. The van der Waals surface area contributed by atoms with E-state index in [4.69, 9.17) is 5.11 Å². The van der Waals surface area contributed by atoms with Gasteiger partial charge in [0, 0.05) is 10.5 Å². The van der Waals surface area contributed by atoms with Crippen LogP contribution in [-0.4, -0.2) is 28.1 Å². The Bertz CT molecular complexity index is 829. The van der Waals surface area contributed by atoms with Crippen LogP contribution in [0.15, 0.2) is 63.8 Å². The molecule has 0 aliphatic heterocycles. The predicted octanol–water partition coefficient (Wildman–Crippen LogP) is 5.38. The van der Waals surface area contributed by atoms with Crippen LogP contribution in [0.25, 0.3) is 21.7 Å². The van der Waals surface area contributed by atoms with Crippen LogP contribution in [0.4, 0.5) is 0 Å². The monoisotopic (exact) mass is 373 g/mol. The number of benzene rings is 2. The molecule has 3 rings (SSSR count). The number of hydrogen-bond acceptors (Lipinski definition) is 5. The third-order valence-electron chi connectivity index (χ3n) is 3.33. The molecule has 1 aromatic heterocycles. The first-order chi connectivity index (χ1) is 11.7. The zero-order valence-electron chi connectivity index (χ0n) is 12.9. The van der Waals surface area contributed by atoms with E-state index in [1.807, 2.05) is 30.3 Å². The first-order valence-corrected chi connectivity index (χ1v) is 10.3. The van der Waals surface area contributed by atoms with Crippen molar-refractivity contribution in [3.63, 3.8) is 0 Å². The van der Waals surface area contributed by atoms with E-state index in [-0.39, 0.29) is 5.75 Å². The Kier molecular flexibility index (Phi) is 5.60. The number of nitrogens with zero attached hydrogens (tertiary/aromatic N) is 1. The van der Waals surface area contributed by atoms with Crippen molar-refractivity contribution in [1.29, 1.82) is 0 Å². The number of hydrogen-bond donors (Lipinski definition) is 1. The van der Waals surface area contributed by atoms with Gasteiger partial charge >= 0.3 is 5.97 Å². The molecule has 0 unspecified atom stereocenters. The fourth-order valence-corrected chi connectivity index (χ4v) is 4.51. The maximum Gasteiger partial charge on any atom is 0.313 e. The summed E-state index contributed by atoms with van der Waals surface area (Å²) in [6, 6.07) is 18.4. The number of rotatable bonds is 6. The highest BCUT2D eigenvalue weighted by molar-refractivity contribution is 8.01. The van der Waals surface area contributed by atoms with Crippen LogP contribution in [0.1, 0.15) is 0 Å². The standard InChI is InChI=1S/C18H15NO2S3/c1-22-14-9-7-13(8-10-14)17-16(12-5-3-2-4-6-12)19-18(24-17)23-11-15(20)21/h2-10H,11H2,1H3,(H,20,21). The summed E-state index contributed by atoms with van der Waals surface area (Å²) in [7, 11) is 0. The van der Waals surface area contributed by atoms with Crippen molar-refractivity contribution in [3.8, 4) is 21.7 Å². The van der Waals surface area contributed by atoms with Crippen molar-refractivity contribution in [2.24, 2.45) is 0 Å². The number of thiazole rings is 1. The average Bonchev–Trinajstić information content (AvgIpc) is 3.05. The van der Waals surface area contributed by atoms with Crippen LogP contribution in [0, 0.1) is 0 Å². The van der Waals surface area contributed by atoms with Gasteiger partial charge in [-0.1, -0.05) is 54.2 Å². The second-order valence-electron chi connectivity index (χ2n) is 4.93. The number of carboxylic acids is 1. The minimum absolute atomic E-state index is 0.0204. The molecule has 0 aliphatic rings. The second-order valence-corrected chi connectivity index (χ2v) is 8.04. The summed E-state index contributed by atoms with van der Waals surface area (Å²) in [4.78, 5) is 17.8. The highest BCUT2D eigenvalue weighted by Gasteiger charge is 2.16. The largest absolute Gasteiger partial charge is 0.481 e. The molecule has 0 saturated carbocycles. The van der Waals surface area contributed by atoms with Crippen LogP contribution >= 0.6 is 34.9 Å². The summed E-state index contributed by atoms with van der Waals surface area (Å²) in [5, 5.41) is 8.90. The molecule has 2 aromatic carbocycles. The van der Waals surface area contributed by atoms with Gasteiger partial charge in [-0.05, 0) is 24.0 Å². The Morgan fingerprint density at radius 2 is 1.79 bits per heavy atom. The van der Waals surface area contributed by atoms with Gasteiger partial charge in [-0.3, -0.25) is 4.79 Å². The molecule has 0 radical (unpaired) electrons. The van der Waals surface area contributed by atoms with Crippen LogP contribution in [-0.2, 0) is 4.79 Å².